The van der Waals surface area contributed by atoms with Gasteiger partial charge in [-0.1, -0.05) is 12.8 Å². The normalized spacial score (nSPS) is 14.5. The van der Waals surface area contributed by atoms with Gasteiger partial charge < -0.3 is 9.53 Å². The SMILES string of the molecule is CC#C[C@H](OC)[C@H](C=O)CC. The van der Waals surface area contributed by atoms with Crippen LogP contribution in [0.4, 0.5) is 0 Å². The van der Waals surface area contributed by atoms with Crippen molar-refractivity contribution in [1.29, 1.82) is 0 Å². The molecule has 0 aliphatic rings. The lowest BCUT2D eigenvalue weighted by Crippen LogP contribution is -2.21. The van der Waals surface area contributed by atoms with Crippen LogP contribution in [0.1, 0.15) is 20.3 Å². The number of ether oxygens (including phenoxy) is 1. The van der Waals surface area contributed by atoms with Gasteiger partial charge in [0.25, 0.3) is 0 Å². The van der Waals surface area contributed by atoms with E-state index >= 15 is 0 Å². The number of rotatable bonds is 4. The molecular formula is C9H14O2. The van der Waals surface area contributed by atoms with Crippen molar-refractivity contribution >= 4 is 6.29 Å². The van der Waals surface area contributed by atoms with E-state index in [9.17, 15) is 4.79 Å². The number of methoxy groups -OCH3 is 1. The molecule has 0 N–H and O–H groups in total. The predicted octanol–water partition coefficient (Wildman–Crippen LogP) is 1.25. The molecular weight excluding hydrogens is 140 g/mol. The second-order valence-electron chi connectivity index (χ2n) is 2.26. The van der Waals surface area contributed by atoms with Crippen LogP contribution in [0.15, 0.2) is 0 Å². The topological polar surface area (TPSA) is 26.3 Å². The number of carbonyl (C=O) groups excluding carboxylic acids is 1. The van der Waals surface area contributed by atoms with Gasteiger partial charge in [0.2, 0.25) is 0 Å². The molecule has 0 fully saturated rings. The average Bonchev–Trinajstić information content (AvgIpc) is 2.05. The Labute approximate surface area is 67.9 Å². The molecule has 0 aromatic heterocycles. The van der Waals surface area contributed by atoms with Crippen LogP contribution in [-0.2, 0) is 9.53 Å². The third-order valence-corrected chi connectivity index (χ3v) is 1.58. The summed E-state index contributed by atoms with van der Waals surface area (Å²) >= 11 is 0. The van der Waals surface area contributed by atoms with Crippen LogP contribution in [0.3, 0.4) is 0 Å². The molecule has 0 radical (unpaired) electrons. The molecule has 2 atom stereocenters. The monoisotopic (exact) mass is 154 g/mol. The fourth-order valence-corrected chi connectivity index (χ4v) is 0.865. The number of hydrogen-bond acceptors (Lipinski definition) is 2. The third kappa shape index (κ3) is 3.20. The van der Waals surface area contributed by atoms with Crippen LogP contribution in [0.2, 0.25) is 0 Å². The van der Waals surface area contributed by atoms with E-state index in [0.717, 1.165) is 12.7 Å². The van der Waals surface area contributed by atoms with Crippen molar-refractivity contribution in [3.05, 3.63) is 0 Å². The van der Waals surface area contributed by atoms with Crippen molar-refractivity contribution in [2.45, 2.75) is 26.4 Å². The van der Waals surface area contributed by atoms with Crippen molar-refractivity contribution in [3.8, 4) is 11.8 Å². The highest BCUT2D eigenvalue weighted by molar-refractivity contribution is 5.55. The van der Waals surface area contributed by atoms with E-state index in [2.05, 4.69) is 11.8 Å². The highest BCUT2D eigenvalue weighted by Gasteiger charge is 2.15. The molecule has 0 aromatic rings. The maximum absolute atomic E-state index is 10.5. The Morgan fingerprint density at radius 3 is 2.55 bits per heavy atom. The van der Waals surface area contributed by atoms with Gasteiger partial charge in [-0.05, 0) is 13.3 Å². The summed E-state index contributed by atoms with van der Waals surface area (Å²) in [5.74, 6) is 5.47. The second kappa shape index (κ2) is 5.94. The molecule has 0 aliphatic heterocycles. The summed E-state index contributed by atoms with van der Waals surface area (Å²) in [6, 6.07) is 0. The number of hydrogen-bond donors (Lipinski definition) is 0. The highest BCUT2D eigenvalue weighted by Crippen LogP contribution is 2.07. The van der Waals surface area contributed by atoms with Crippen molar-refractivity contribution in [2.75, 3.05) is 7.11 Å². The lowest BCUT2D eigenvalue weighted by Gasteiger charge is -2.13. The first-order valence-corrected chi connectivity index (χ1v) is 3.70. The summed E-state index contributed by atoms with van der Waals surface area (Å²) in [5, 5.41) is 0. The summed E-state index contributed by atoms with van der Waals surface area (Å²) in [6.45, 7) is 3.69. The molecule has 2 heteroatoms. The van der Waals surface area contributed by atoms with Crippen LogP contribution >= 0.6 is 0 Å². The van der Waals surface area contributed by atoms with E-state index < -0.39 is 0 Å². The second-order valence-corrected chi connectivity index (χ2v) is 2.26. The first kappa shape index (κ1) is 10.2. The van der Waals surface area contributed by atoms with Gasteiger partial charge in [-0.2, -0.15) is 0 Å². The van der Waals surface area contributed by atoms with Crippen LogP contribution in [0.5, 0.6) is 0 Å². The zero-order valence-corrected chi connectivity index (χ0v) is 7.26. The van der Waals surface area contributed by atoms with Gasteiger partial charge in [0.1, 0.15) is 12.4 Å². The highest BCUT2D eigenvalue weighted by atomic mass is 16.5. The Hall–Kier alpha value is -0.810. The first-order chi connectivity index (χ1) is 5.29. The van der Waals surface area contributed by atoms with Gasteiger partial charge in [-0.15, -0.1) is 5.92 Å². The molecule has 0 aliphatic carbocycles. The Balaban J connectivity index is 4.16. The summed E-state index contributed by atoms with van der Waals surface area (Å²) in [7, 11) is 1.57. The lowest BCUT2D eigenvalue weighted by molar-refractivity contribution is -0.113. The van der Waals surface area contributed by atoms with Gasteiger partial charge in [0, 0.05) is 7.11 Å². The summed E-state index contributed by atoms with van der Waals surface area (Å²) in [4.78, 5) is 10.5. The fraction of sp³-hybridized carbons (Fsp3) is 0.667. The molecule has 0 spiro atoms. The van der Waals surface area contributed by atoms with Crippen molar-refractivity contribution in [2.24, 2.45) is 5.92 Å². The van der Waals surface area contributed by atoms with Gasteiger partial charge in [-0.25, -0.2) is 0 Å². The molecule has 0 aromatic carbocycles. The Morgan fingerprint density at radius 1 is 1.64 bits per heavy atom. The Bertz CT molecular complexity index is 164. The van der Waals surface area contributed by atoms with Crippen molar-refractivity contribution in [1.82, 2.24) is 0 Å². The Kier molecular flexibility index (Phi) is 5.50. The van der Waals surface area contributed by atoms with Crippen LogP contribution < -0.4 is 0 Å². The maximum Gasteiger partial charge on any atom is 0.127 e. The molecule has 0 saturated heterocycles. The molecule has 11 heavy (non-hydrogen) atoms. The van der Waals surface area contributed by atoms with Crippen molar-refractivity contribution < 1.29 is 9.53 Å². The lowest BCUT2D eigenvalue weighted by atomic mass is 10.0. The minimum atomic E-state index is -0.234. The molecule has 2 nitrogen and oxygen atoms in total. The summed E-state index contributed by atoms with van der Waals surface area (Å²) < 4.78 is 5.03. The summed E-state index contributed by atoms with van der Waals surface area (Å²) in [6.07, 6.45) is 1.44. The van der Waals surface area contributed by atoms with E-state index in [1.807, 2.05) is 6.92 Å². The molecule has 0 unspecified atom stereocenters. The molecule has 0 amide bonds. The number of aldehydes is 1. The van der Waals surface area contributed by atoms with Gasteiger partial charge in [0.15, 0.2) is 0 Å². The molecule has 62 valence electrons. The zero-order valence-electron chi connectivity index (χ0n) is 7.26. The standard InChI is InChI=1S/C9H14O2/c1-4-6-9(11-3)8(5-2)7-10/h7-9H,5H2,1-3H3/t8-,9-/m0/s1. The zero-order chi connectivity index (χ0) is 8.69. The Morgan fingerprint density at radius 2 is 2.27 bits per heavy atom. The largest absolute Gasteiger partial charge is 0.368 e. The predicted molar refractivity (Wildman–Crippen MR) is 44.1 cm³/mol. The average molecular weight is 154 g/mol. The summed E-state index contributed by atoms with van der Waals surface area (Å²) in [5.41, 5.74) is 0. The molecule has 0 heterocycles. The van der Waals surface area contributed by atoms with Crippen molar-refractivity contribution in [3.63, 3.8) is 0 Å². The molecule has 0 rings (SSSR count). The first-order valence-electron chi connectivity index (χ1n) is 3.70. The van der Waals surface area contributed by atoms with E-state index in [1.54, 1.807) is 14.0 Å². The van der Waals surface area contributed by atoms with E-state index in [-0.39, 0.29) is 12.0 Å². The quantitative estimate of drug-likeness (QED) is 0.450. The van der Waals surface area contributed by atoms with Gasteiger partial charge in [-0.3, -0.25) is 0 Å². The third-order valence-electron chi connectivity index (χ3n) is 1.58. The van der Waals surface area contributed by atoms with Crippen LogP contribution in [-0.4, -0.2) is 19.5 Å². The van der Waals surface area contributed by atoms with Crippen LogP contribution in [0.25, 0.3) is 0 Å². The molecule has 0 bridgehead atoms. The maximum atomic E-state index is 10.5. The van der Waals surface area contributed by atoms with E-state index in [4.69, 9.17) is 4.74 Å². The minimum Gasteiger partial charge on any atom is -0.368 e. The molecule has 0 saturated carbocycles. The van der Waals surface area contributed by atoms with Gasteiger partial charge >= 0.3 is 0 Å². The van der Waals surface area contributed by atoms with Gasteiger partial charge in [0.05, 0.1) is 5.92 Å². The number of carbonyl (C=O) groups is 1. The smallest absolute Gasteiger partial charge is 0.127 e. The minimum absolute atomic E-state index is 0.0903. The van der Waals surface area contributed by atoms with Crippen LogP contribution in [0, 0.1) is 17.8 Å². The fourth-order valence-electron chi connectivity index (χ4n) is 0.865. The van der Waals surface area contributed by atoms with E-state index in [1.165, 1.54) is 0 Å². The van der Waals surface area contributed by atoms with E-state index in [0.29, 0.717) is 0 Å².